The van der Waals surface area contributed by atoms with Gasteiger partial charge in [0, 0.05) is 19.6 Å². The molecular weight excluding hydrogens is 431 g/mol. The molecule has 2 unspecified atom stereocenters. The molecule has 0 aliphatic carbocycles. The van der Waals surface area contributed by atoms with Crippen LogP contribution in [0.5, 0.6) is 5.75 Å². The average molecular weight is 456 g/mol. The van der Waals surface area contributed by atoms with Gasteiger partial charge < -0.3 is 20.7 Å². The van der Waals surface area contributed by atoms with E-state index in [-0.39, 0.29) is 12.1 Å². The number of amides is 1. The van der Waals surface area contributed by atoms with Crippen molar-refractivity contribution in [2.24, 2.45) is 0 Å². The molecule has 1 amide bonds. The second-order valence-corrected chi connectivity index (χ2v) is 6.50. The van der Waals surface area contributed by atoms with Gasteiger partial charge in [-0.3, -0.25) is 10.1 Å². The smallest absolute Gasteiger partial charge is 0.231 e. The van der Waals surface area contributed by atoms with Gasteiger partial charge in [0.05, 0.1) is 4.43 Å². The number of terminal acetylenes is 1. The lowest BCUT2D eigenvalue weighted by molar-refractivity contribution is -0.118. The van der Waals surface area contributed by atoms with Crippen LogP contribution in [0.2, 0.25) is 0 Å². The van der Waals surface area contributed by atoms with Gasteiger partial charge in [-0.2, -0.15) is 0 Å². The van der Waals surface area contributed by atoms with Crippen LogP contribution >= 0.6 is 22.6 Å². The highest BCUT2D eigenvalue weighted by Gasteiger charge is 2.13. The lowest BCUT2D eigenvalue weighted by atomic mass is 10.1. The summed E-state index contributed by atoms with van der Waals surface area (Å²) in [6.07, 6.45) is 6.55. The molecule has 136 valence electrons. The maximum Gasteiger partial charge on any atom is 0.231 e. The van der Waals surface area contributed by atoms with Crippen LogP contribution in [0.15, 0.2) is 24.3 Å². The van der Waals surface area contributed by atoms with Gasteiger partial charge in [0.25, 0.3) is 0 Å². The minimum Gasteiger partial charge on any atom is -0.474 e. The van der Waals surface area contributed by atoms with Crippen molar-refractivity contribution < 1.29 is 9.53 Å². The molecule has 1 heterocycles. The molecular formula is C18H25IN4O2. The molecule has 0 spiro atoms. The third-order valence-electron chi connectivity index (χ3n) is 3.80. The number of hydrogen-bond acceptors (Lipinski definition) is 5. The quantitative estimate of drug-likeness (QED) is 0.300. The van der Waals surface area contributed by atoms with Crippen molar-refractivity contribution in [3.8, 4) is 18.1 Å². The van der Waals surface area contributed by atoms with Crippen molar-refractivity contribution in [1.82, 2.24) is 21.3 Å². The number of alkyl halides is 1. The molecule has 6 nitrogen and oxygen atoms in total. The zero-order valence-electron chi connectivity index (χ0n) is 14.2. The van der Waals surface area contributed by atoms with E-state index >= 15 is 0 Å². The first-order valence-corrected chi connectivity index (χ1v) is 9.98. The van der Waals surface area contributed by atoms with E-state index in [1.54, 1.807) is 0 Å². The molecule has 1 aromatic rings. The monoisotopic (exact) mass is 456 g/mol. The highest BCUT2D eigenvalue weighted by Crippen LogP contribution is 2.18. The van der Waals surface area contributed by atoms with Crippen LogP contribution in [0.1, 0.15) is 18.0 Å². The Morgan fingerprint density at radius 2 is 2.04 bits per heavy atom. The number of rotatable bonds is 5. The molecule has 0 bridgehead atoms. The van der Waals surface area contributed by atoms with E-state index in [2.05, 4.69) is 27.2 Å². The summed E-state index contributed by atoms with van der Waals surface area (Å²) >= 11 is 2.01. The Kier molecular flexibility index (Phi) is 9.04. The number of nitrogens with one attached hydrogen (secondary N) is 4. The number of hydrogen-bond donors (Lipinski definition) is 4. The van der Waals surface area contributed by atoms with Gasteiger partial charge in [0.1, 0.15) is 11.8 Å². The Labute approximate surface area is 163 Å². The SMILES string of the molecule is C#CC(NC(=O)CI)c1ccc(OC2CNCCCNCCN2)cc1. The molecule has 1 aromatic carbocycles. The largest absolute Gasteiger partial charge is 0.474 e. The third-order valence-corrected chi connectivity index (χ3v) is 4.49. The summed E-state index contributed by atoms with van der Waals surface area (Å²) in [5.41, 5.74) is 0.870. The first-order chi connectivity index (χ1) is 12.2. The van der Waals surface area contributed by atoms with Gasteiger partial charge in [-0.25, -0.2) is 0 Å². The maximum atomic E-state index is 11.5. The summed E-state index contributed by atoms with van der Waals surface area (Å²) in [6, 6.07) is 7.13. The summed E-state index contributed by atoms with van der Waals surface area (Å²) in [5.74, 6) is 3.30. The van der Waals surface area contributed by atoms with Crippen molar-refractivity contribution in [2.45, 2.75) is 18.7 Å². The standard InChI is InChI=1S/C18H25IN4O2/c1-2-16(23-17(24)12-19)14-4-6-15(7-5-14)25-18-13-21-9-3-8-20-10-11-22-18/h1,4-7,16,18,20-22H,3,8-13H2,(H,23,24). The Morgan fingerprint density at radius 1 is 1.28 bits per heavy atom. The zero-order chi connectivity index (χ0) is 17.9. The summed E-state index contributed by atoms with van der Waals surface area (Å²) < 4.78 is 6.40. The number of benzene rings is 1. The van der Waals surface area contributed by atoms with Crippen molar-refractivity contribution in [3.63, 3.8) is 0 Å². The first kappa shape index (κ1) is 20.0. The zero-order valence-corrected chi connectivity index (χ0v) is 16.3. The lowest BCUT2D eigenvalue weighted by Gasteiger charge is -2.23. The minimum absolute atomic E-state index is 0.0748. The highest BCUT2D eigenvalue weighted by molar-refractivity contribution is 14.1. The Balaban J connectivity index is 1.93. The lowest BCUT2D eigenvalue weighted by Crippen LogP contribution is -2.47. The van der Waals surface area contributed by atoms with Gasteiger partial charge in [-0.1, -0.05) is 40.6 Å². The molecule has 1 aliphatic heterocycles. The normalized spacial score (nSPS) is 20.1. The summed E-state index contributed by atoms with van der Waals surface area (Å²) in [4.78, 5) is 11.5. The van der Waals surface area contributed by atoms with Crippen LogP contribution in [0, 0.1) is 12.3 Å². The maximum absolute atomic E-state index is 11.5. The molecule has 2 rings (SSSR count). The minimum atomic E-state index is -0.421. The number of ether oxygens (including phenoxy) is 1. The van der Waals surface area contributed by atoms with E-state index in [1.807, 2.05) is 46.9 Å². The summed E-state index contributed by atoms with van der Waals surface area (Å²) in [6.45, 7) is 4.53. The number of carbonyl (C=O) groups is 1. The van der Waals surface area contributed by atoms with Crippen LogP contribution in [0.3, 0.4) is 0 Å². The predicted molar refractivity (Wildman–Crippen MR) is 108 cm³/mol. The highest BCUT2D eigenvalue weighted by atomic mass is 127. The fraction of sp³-hybridized carbons (Fsp3) is 0.500. The average Bonchev–Trinajstić information content (AvgIpc) is 2.65. The van der Waals surface area contributed by atoms with Crippen molar-refractivity contribution in [1.29, 1.82) is 0 Å². The van der Waals surface area contributed by atoms with Crippen molar-refractivity contribution in [3.05, 3.63) is 29.8 Å². The van der Waals surface area contributed by atoms with Gasteiger partial charge >= 0.3 is 0 Å². The van der Waals surface area contributed by atoms with E-state index in [1.165, 1.54) is 0 Å². The number of halogens is 1. The van der Waals surface area contributed by atoms with Crippen LogP contribution in [-0.2, 0) is 4.79 Å². The van der Waals surface area contributed by atoms with Gasteiger partial charge in [-0.05, 0) is 37.2 Å². The molecule has 2 atom stereocenters. The van der Waals surface area contributed by atoms with E-state index in [0.29, 0.717) is 4.43 Å². The predicted octanol–water partition coefficient (Wildman–Crippen LogP) is 0.790. The van der Waals surface area contributed by atoms with E-state index in [9.17, 15) is 4.79 Å². The fourth-order valence-electron chi connectivity index (χ4n) is 2.50. The van der Waals surface area contributed by atoms with E-state index in [0.717, 1.165) is 50.5 Å². The van der Waals surface area contributed by atoms with Crippen molar-refractivity contribution in [2.75, 3.05) is 37.2 Å². The van der Waals surface area contributed by atoms with Crippen LogP contribution in [0.4, 0.5) is 0 Å². The molecule has 0 radical (unpaired) electrons. The second-order valence-electron chi connectivity index (χ2n) is 5.74. The van der Waals surface area contributed by atoms with Gasteiger partial charge in [0.2, 0.25) is 5.91 Å². The van der Waals surface area contributed by atoms with E-state index < -0.39 is 6.04 Å². The molecule has 7 heteroatoms. The number of carbonyl (C=O) groups excluding carboxylic acids is 1. The molecule has 0 saturated carbocycles. The summed E-state index contributed by atoms with van der Waals surface area (Å²) in [7, 11) is 0. The van der Waals surface area contributed by atoms with Crippen LogP contribution < -0.4 is 26.0 Å². The van der Waals surface area contributed by atoms with Gasteiger partial charge in [0.15, 0.2) is 6.23 Å². The van der Waals surface area contributed by atoms with E-state index in [4.69, 9.17) is 11.2 Å². The van der Waals surface area contributed by atoms with Crippen LogP contribution in [0.25, 0.3) is 0 Å². The second kappa shape index (κ2) is 11.3. The van der Waals surface area contributed by atoms with Crippen LogP contribution in [-0.4, -0.2) is 49.3 Å². The molecule has 25 heavy (non-hydrogen) atoms. The molecule has 1 saturated heterocycles. The first-order valence-electron chi connectivity index (χ1n) is 8.46. The van der Waals surface area contributed by atoms with Gasteiger partial charge in [-0.15, -0.1) is 6.42 Å². The Bertz CT molecular complexity index is 563. The molecule has 4 N–H and O–H groups in total. The Hall–Kier alpha value is -1.34. The molecule has 1 aliphatic rings. The topological polar surface area (TPSA) is 74.4 Å². The Morgan fingerprint density at radius 3 is 2.76 bits per heavy atom. The summed E-state index contributed by atoms with van der Waals surface area (Å²) in [5, 5.41) is 13.0. The molecule has 0 aromatic heterocycles. The third kappa shape index (κ3) is 7.20. The molecule has 1 fully saturated rings. The van der Waals surface area contributed by atoms with Crippen molar-refractivity contribution >= 4 is 28.5 Å². The fourth-order valence-corrected chi connectivity index (χ4v) is 2.72.